The molecular weight excluding hydrogens is 184 g/mol. The molecule has 0 aromatic rings. The van der Waals surface area contributed by atoms with Crippen molar-refractivity contribution in [3.05, 3.63) is 23.9 Å². The number of allylic oxidation sites excluding steroid dienone is 3. The van der Waals surface area contributed by atoms with E-state index in [0.29, 0.717) is 0 Å². The summed E-state index contributed by atoms with van der Waals surface area (Å²) in [6, 6.07) is 0. The van der Waals surface area contributed by atoms with Crippen LogP contribution in [0.1, 0.15) is 41.5 Å². The summed E-state index contributed by atoms with van der Waals surface area (Å²) in [6.45, 7) is 16.9. The van der Waals surface area contributed by atoms with Gasteiger partial charge in [0.1, 0.15) is 0 Å². The number of hydrogen-bond acceptors (Lipinski definition) is 2. The monoisotopic (exact) mass is 208 g/mol. The van der Waals surface area contributed by atoms with Crippen LogP contribution in [0, 0.1) is 10.8 Å². The number of hydrogen-bond donors (Lipinski definition) is 0. The molecule has 0 spiro atoms. The molecule has 0 aromatic carbocycles. The third-order valence-electron chi connectivity index (χ3n) is 2.25. The van der Waals surface area contributed by atoms with Gasteiger partial charge >= 0.3 is 0 Å². The number of rotatable bonds is 2. The Morgan fingerprint density at radius 2 is 1.47 bits per heavy atom. The quantitative estimate of drug-likeness (QED) is 0.468. The van der Waals surface area contributed by atoms with Crippen molar-refractivity contribution in [2.75, 3.05) is 7.05 Å². The van der Waals surface area contributed by atoms with Crippen molar-refractivity contribution in [3.63, 3.8) is 0 Å². The number of nitrogens with zero attached hydrogens (tertiary/aromatic N) is 2. The van der Waals surface area contributed by atoms with E-state index in [-0.39, 0.29) is 10.8 Å². The van der Waals surface area contributed by atoms with Crippen LogP contribution < -0.4 is 0 Å². The highest BCUT2D eigenvalue weighted by Crippen LogP contribution is 2.32. The molecule has 0 aliphatic carbocycles. The fraction of sp³-hybridized carbons (Fsp3) is 0.692. The van der Waals surface area contributed by atoms with Crippen LogP contribution in [-0.2, 0) is 0 Å². The van der Waals surface area contributed by atoms with Gasteiger partial charge in [0.2, 0.25) is 0 Å². The van der Waals surface area contributed by atoms with E-state index >= 15 is 0 Å². The highest BCUT2D eigenvalue weighted by atomic mass is 15.1. The zero-order valence-corrected chi connectivity index (χ0v) is 11.2. The lowest BCUT2D eigenvalue weighted by atomic mass is 9.84. The van der Waals surface area contributed by atoms with Gasteiger partial charge in [-0.05, 0) is 17.1 Å². The summed E-state index contributed by atoms with van der Waals surface area (Å²) in [5.74, 6) is 0. The Morgan fingerprint density at radius 3 is 1.73 bits per heavy atom. The zero-order valence-electron chi connectivity index (χ0n) is 11.2. The van der Waals surface area contributed by atoms with Gasteiger partial charge in [0.15, 0.2) is 0 Å². The maximum atomic E-state index is 4.17. The minimum atomic E-state index is 0.00764. The smallest absolute Gasteiger partial charge is 0.0682 e. The molecule has 0 N–H and O–H groups in total. The van der Waals surface area contributed by atoms with Gasteiger partial charge in [0, 0.05) is 12.5 Å². The molecule has 0 rings (SSSR count). The average Bonchev–Trinajstić information content (AvgIpc) is 1.99. The molecule has 0 unspecified atom stereocenters. The predicted octanol–water partition coefficient (Wildman–Crippen LogP) is 4.60. The predicted molar refractivity (Wildman–Crippen MR) is 66.9 cm³/mol. The average molecular weight is 208 g/mol. The summed E-state index contributed by atoms with van der Waals surface area (Å²) in [5.41, 5.74) is 2.15. The van der Waals surface area contributed by atoms with Gasteiger partial charge in [-0.15, -0.1) is 0 Å². The molecule has 0 aromatic heterocycles. The van der Waals surface area contributed by atoms with Crippen LogP contribution in [0.4, 0.5) is 0 Å². The molecule has 0 amide bonds. The van der Waals surface area contributed by atoms with Crippen LogP contribution in [0.25, 0.3) is 0 Å². The first kappa shape index (κ1) is 14.1. The molecule has 0 aliphatic rings. The van der Waals surface area contributed by atoms with Gasteiger partial charge in [0.05, 0.1) is 5.70 Å². The van der Waals surface area contributed by atoms with E-state index < -0.39 is 0 Å². The van der Waals surface area contributed by atoms with Crippen molar-refractivity contribution >= 4 is 0 Å². The minimum Gasteiger partial charge on any atom is -0.192 e. The SMILES string of the molecule is C=C(/C=C(\N=NC)C(C)(C)C)C(C)(C)C. The molecule has 0 fully saturated rings. The third-order valence-corrected chi connectivity index (χ3v) is 2.25. The van der Waals surface area contributed by atoms with Crippen LogP contribution in [-0.4, -0.2) is 7.05 Å². The van der Waals surface area contributed by atoms with Crippen molar-refractivity contribution in [1.82, 2.24) is 0 Å². The topological polar surface area (TPSA) is 24.7 Å². The molecule has 2 nitrogen and oxygen atoms in total. The van der Waals surface area contributed by atoms with E-state index in [1.165, 1.54) is 0 Å². The van der Waals surface area contributed by atoms with Crippen molar-refractivity contribution in [2.45, 2.75) is 41.5 Å². The third kappa shape index (κ3) is 4.91. The van der Waals surface area contributed by atoms with E-state index in [9.17, 15) is 0 Å². The Balaban J connectivity index is 5.12. The second kappa shape index (κ2) is 4.73. The molecule has 0 saturated carbocycles. The molecule has 2 heteroatoms. The van der Waals surface area contributed by atoms with Gasteiger partial charge in [-0.25, -0.2) is 0 Å². The Labute approximate surface area is 94.2 Å². The maximum Gasteiger partial charge on any atom is 0.0682 e. The first-order valence-electron chi connectivity index (χ1n) is 5.30. The summed E-state index contributed by atoms with van der Waals surface area (Å²) in [7, 11) is 1.69. The van der Waals surface area contributed by atoms with Crippen molar-refractivity contribution in [3.8, 4) is 0 Å². The summed E-state index contributed by atoms with van der Waals surface area (Å²) in [6.07, 6.45) is 2.05. The maximum absolute atomic E-state index is 4.17. The fourth-order valence-electron chi connectivity index (χ4n) is 0.885. The van der Waals surface area contributed by atoms with Gasteiger partial charge < -0.3 is 0 Å². The Hall–Kier alpha value is -0.920. The fourth-order valence-corrected chi connectivity index (χ4v) is 0.885. The van der Waals surface area contributed by atoms with Crippen LogP contribution in [0.15, 0.2) is 34.2 Å². The summed E-state index contributed by atoms with van der Waals surface area (Å²) in [4.78, 5) is 0. The molecule has 0 saturated heterocycles. The van der Waals surface area contributed by atoms with Crippen LogP contribution in [0.2, 0.25) is 0 Å². The van der Waals surface area contributed by atoms with Gasteiger partial charge in [-0.3, -0.25) is 0 Å². The van der Waals surface area contributed by atoms with Gasteiger partial charge in [0.25, 0.3) is 0 Å². The Kier molecular flexibility index (Phi) is 4.44. The van der Waals surface area contributed by atoms with E-state index in [4.69, 9.17) is 0 Å². The van der Waals surface area contributed by atoms with E-state index in [0.717, 1.165) is 11.3 Å². The standard InChI is InChI=1S/C13H24N2/c1-10(12(2,3)4)9-11(15-14-8)13(5,6)7/h9H,1H2,2-8H3/b11-9-,15-14?. The number of azo groups is 1. The molecule has 0 heterocycles. The zero-order chi connectivity index (χ0) is 12.3. The van der Waals surface area contributed by atoms with E-state index in [1.807, 2.05) is 6.08 Å². The summed E-state index contributed by atoms with van der Waals surface area (Å²) in [5, 5.41) is 8.03. The lowest BCUT2D eigenvalue weighted by molar-refractivity contribution is 0.481. The van der Waals surface area contributed by atoms with E-state index in [1.54, 1.807) is 7.05 Å². The minimum absolute atomic E-state index is 0.00764. The largest absolute Gasteiger partial charge is 0.192 e. The Morgan fingerprint density at radius 1 is 1.00 bits per heavy atom. The molecule has 0 atom stereocenters. The van der Waals surface area contributed by atoms with Crippen LogP contribution >= 0.6 is 0 Å². The lowest BCUT2D eigenvalue weighted by Crippen LogP contribution is -2.11. The normalized spacial score (nSPS) is 14.7. The van der Waals surface area contributed by atoms with Crippen LogP contribution in [0.5, 0.6) is 0 Å². The summed E-state index contributed by atoms with van der Waals surface area (Å²) >= 11 is 0. The second-order valence-corrected chi connectivity index (χ2v) is 5.85. The molecule has 0 bridgehead atoms. The first-order chi connectivity index (χ1) is 6.59. The van der Waals surface area contributed by atoms with Crippen molar-refractivity contribution in [1.29, 1.82) is 0 Å². The molecule has 0 aliphatic heterocycles. The highest BCUT2D eigenvalue weighted by molar-refractivity contribution is 5.27. The lowest BCUT2D eigenvalue weighted by Gasteiger charge is -2.23. The second-order valence-electron chi connectivity index (χ2n) is 5.85. The van der Waals surface area contributed by atoms with E-state index in [2.05, 4.69) is 58.3 Å². The van der Waals surface area contributed by atoms with Crippen LogP contribution in [0.3, 0.4) is 0 Å². The molecule has 0 radical (unpaired) electrons. The summed E-state index contributed by atoms with van der Waals surface area (Å²) < 4.78 is 0. The highest BCUT2D eigenvalue weighted by Gasteiger charge is 2.20. The van der Waals surface area contributed by atoms with Gasteiger partial charge in [-0.2, -0.15) is 10.2 Å². The Bertz CT molecular complexity index is 283. The van der Waals surface area contributed by atoms with Gasteiger partial charge in [-0.1, -0.05) is 48.1 Å². The van der Waals surface area contributed by atoms with Crippen molar-refractivity contribution in [2.24, 2.45) is 21.1 Å². The molecule has 15 heavy (non-hydrogen) atoms. The molecule has 86 valence electrons. The van der Waals surface area contributed by atoms with Crippen molar-refractivity contribution < 1.29 is 0 Å². The molecular formula is C13H24N2. The first-order valence-corrected chi connectivity index (χ1v) is 5.30.